The number of allylic oxidation sites excluding steroid dienone is 1. The normalized spacial score (nSPS) is 19.5. The van der Waals surface area contributed by atoms with Crippen molar-refractivity contribution in [3.05, 3.63) is 117 Å². The van der Waals surface area contributed by atoms with Gasteiger partial charge in [-0.15, -0.1) is 0 Å². The largest absolute Gasteiger partial charge is 0.455 e. The highest BCUT2D eigenvalue weighted by Crippen LogP contribution is 2.44. The quantitative estimate of drug-likeness (QED) is 0.0833. The first-order valence-corrected chi connectivity index (χ1v) is 23.3. The first-order chi connectivity index (χ1) is 30.3. The van der Waals surface area contributed by atoms with Gasteiger partial charge in [-0.3, -0.25) is 24.7 Å². The average molecular weight is 895 g/mol. The van der Waals surface area contributed by atoms with Crippen molar-refractivity contribution in [3.8, 4) is 11.5 Å². The minimum Gasteiger partial charge on any atom is -0.455 e. The molecule has 1 amide bonds. The van der Waals surface area contributed by atoms with Crippen LogP contribution in [-0.4, -0.2) is 111 Å². The molecule has 0 bridgehead atoms. The monoisotopic (exact) mass is 894 g/mol. The number of benzene rings is 3. The number of carbonyl (C=O) groups is 1. The molecule has 5 heterocycles. The highest BCUT2D eigenvalue weighted by atomic mass is 35.5. The molecule has 330 valence electrons. The molecule has 3 aromatic carbocycles. The van der Waals surface area contributed by atoms with Crippen LogP contribution in [0.4, 0.5) is 17.1 Å². The molecule has 2 aromatic heterocycles. The van der Waals surface area contributed by atoms with Crippen molar-refractivity contribution in [2.24, 2.45) is 5.41 Å². The van der Waals surface area contributed by atoms with E-state index in [-0.39, 0.29) is 33.4 Å². The summed E-state index contributed by atoms with van der Waals surface area (Å²) >= 11 is 6.25. The summed E-state index contributed by atoms with van der Waals surface area (Å²) in [6.07, 6.45) is 6.88. The van der Waals surface area contributed by atoms with Crippen molar-refractivity contribution in [3.63, 3.8) is 0 Å². The predicted molar refractivity (Wildman–Crippen MR) is 243 cm³/mol. The summed E-state index contributed by atoms with van der Waals surface area (Å²) in [5.74, 6) is -0.448. The third-order valence-electron chi connectivity index (χ3n) is 12.6. The van der Waals surface area contributed by atoms with Crippen LogP contribution >= 0.6 is 11.6 Å². The van der Waals surface area contributed by atoms with Crippen molar-refractivity contribution in [1.82, 2.24) is 24.5 Å². The van der Waals surface area contributed by atoms with Gasteiger partial charge < -0.3 is 24.7 Å². The van der Waals surface area contributed by atoms with E-state index in [1.165, 1.54) is 29.0 Å². The van der Waals surface area contributed by atoms with Gasteiger partial charge >= 0.3 is 0 Å². The SMILES string of the molecule is CC1(C)CCC(CN2CCN(c3ccc(C(=O)NS(=O)(=O)c4cc5c(c([N+](=O)[O-])c4)N[C@H](CN4CCOCC4)C5)c(Oc4cnc5[nH]ccc5c4)c3)CC2)=C(c2ccc(Cl)cc2)C1. The number of H-pyrrole nitrogens is 1. The zero-order valence-corrected chi connectivity index (χ0v) is 36.9. The molecule has 15 nitrogen and oxygen atoms in total. The molecule has 0 saturated carbocycles. The number of halogens is 1. The zero-order chi connectivity index (χ0) is 43.9. The van der Waals surface area contributed by atoms with Crippen molar-refractivity contribution < 1.29 is 27.6 Å². The number of ether oxygens (including phenoxy) is 2. The van der Waals surface area contributed by atoms with Crippen molar-refractivity contribution in [2.75, 3.05) is 75.8 Å². The maximum atomic E-state index is 14.1. The lowest BCUT2D eigenvalue weighted by atomic mass is 9.72. The van der Waals surface area contributed by atoms with Gasteiger partial charge in [-0.2, -0.15) is 0 Å². The van der Waals surface area contributed by atoms with Gasteiger partial charge in [0.05, 0.1) is 34.8 Å². The van der Waals surface area contributed by atoms with Crippen LogP contribution in [0.25, 0.3) is 16.6 Å². The molecular formula is C46H51ClN8O7S. The number of morpholine rings is 1. The lowest BCUT2D eigenvalue weighted by Gasteiger charge is -2.39. The number of nitrogens with one attached hydrogen (secondary N) is 3. The number of nitro benzene ring substituents is 1. The van der Waals surface area contributed by atoms with Gasteiger partial charge in [0.2, 0.25) is 0 Å². The highest BCUT2D eigenvalue weighted by Gasteiger charge is 2.34. The van der Waals surface area contributed by atoms with E-state index >= 15 is 0 Å². The summed E-state index contributed by atoms with van der Waals surface area (Å²) in [4.78, 5) is 39.8. The Morgan fingerprint density at radius 2 is 1.79 bits per heavy atom. The Hall–Kier alpha value is -5.52. The Balaban J connectivity index is 0.941. The number of amides is 1. The number of fused-ring (bicyclic) bond motifs is 2. The van der Waals surface area contributed by atoms with Gasteiger partial charge in [0.15, 0.2) is 0 Å². The lowest BCUT2D eigenvalue weighted by Crippen LogP contribution is -2.47. The van der Waals surface area contributed by atoms with Crippen LogP contribution in [0.1, 0.15) is 54.6 Å². The van der Waals surface area contributed by atoms with Crippen molar-refractivity contribution in [1.29, 1.82) is 0 Å². The van der Waals surface area contributed by atoms with Crippen LogP contribution in [-0.2, 0) is 21.2 Å². The third kappa shape index (κ3) is 9.55. The van der Waals surface area contributed by atoms with E-state index in [2.05, 4.69) is 60.7 Å². The smallest absolute Gasteiger partial charge is 0.293 e. The Morgan fingerprint density at radius 1 is 1.02 bits per heavy atom. The number of hydrogen-bond donors (Lipinski definition) is 3. The molecule has 2 saturated heterocycles. The van der Waals surface area contributed by atoms with E-state index < -0.39 is 20.9 Å². The molecule has 3 aliphatic heterocycles. The zero-order valence-electron chi connectivity index (χ0n) is 35.4. The number of aromatic nitrogens is 2. The van der Waals surface area contributed by atoms with E-state index in [1.54, 1.807) is 30.5 Å². The van der Waals surface area contributed by atoms with E-state index in [0.717, 1.165) is 87.2 Å². The van der Waals surface area contributed by atoms with Gasteiger partial charge in [-0.25, -0.2) is 18.1 Å². The number of nitrogens with zero attached hydrogens (tertiary/aromatic N) is 5. The summed E-state index contributed by atoms with van der Waals surface area (Å²) in [5.41, 5.74) is 6.21. The first-order valence-electron chi connectivity index (χ1n) is 21.4. The molecule has 0 unspecified atom stereocenters. The molecule has 2 fully saturated rings. The predicted octanol–water partition coefficient (Wildman–Crippen LogP) is 7.49. The molecule has 5 aromatic rings. The number of piperazine rings is 1. The molecule has 63 heavy (non-hydrogen) atoms. The standard InChI is InChI=1S/C46H51ClN8O7S/c1-46(2)11-9-32(40(26-46)30-3-5-34(47)6-4-30)28-52-13-15-54(16-14-52)36-7-8-39(42(24-36)62-37-22-31-10-12-48-44(31)49-27-37)45(56)51-63(59,60)38-23-33-21-35(29-53-17-19-61-20-18-53)50-43(33)41(25-38)55(57)58/h3-8,10,12,22-25,27,35,50H,9,11,13-21,26,28-29H2,1-2H3,(H,48,49)(H,51,56)/t35-/m0/s1. The van der Waals surface area contributed by atoms with Crippen LogP contribution in [0.15, 0.2) is 89.6 Å². The lowest BCUT2D eigenvalue weighted by molar-refractivity contribution is -0.384. The molecular weight excluding hydrogens is 844 g/mol. The summed E-state index contributed by atoms with van der Waals surface area (Å²) < 4.78 is 41.9. The topological polar surface area (TPSA) is 175 Å². The maximum absolute atomic E-state index is 14.1. The molecule has 17 heteroatoms. The fourth-order valence-electron chi connectivity index (χ4n) is 9.23. The van der Waals surface area contributed by atoms with Crippen LogP contribution in [0.5, 0.6) is 11.5 Å². The molecule has 0 radical (unpaired) electrons. The van der Waals surface area contributed by atoms with Gasteiger partial charge in [-0.1, -0.05) is 43.2 Å². The second kappa shape index (κ2) is 17.6. The Labute approximate surface area is 371 Å². The minimum atomic E-state index is -4.58. The maximum Gasteiger partial charge on any atom is 0.293 e. The number of nitro groups is 1. The molecule has 4 aliphatic rings. The van der Waals surface area contributed by atoms with E-state index in [9.17, 15) is 23.3 Å². The molecule has 1 atom stereocenters. The van der Waals surface area contributed by atoms with Crippen LogP contribution in [0.3, 0.4) is 0 Å². The van der Waals surface area contributed by atoms with Crippen molar-refractivity contribution in [2.45, 2.75) is 50.5 Å². The highest BCUT2D eigenvalue weighted by molar-refractivity contribution is 7.90. The molecule has 3 N–H and O–H groups in total. The summed E-state index contributed by atoms with van der Waals surface area (Å²) in [6, 6.07) is 19.2. The number of pyridine rings is 1. The van der Waals surface area contributed by atoms with Crippen LogP contribution in [0.2, 0.25) is 5.02 Å². The van der Waals surface area contributed by atoms with Crippen LogP contribution in [0, 0.1) is 15.5 Å². The van der Waals surface area contributed by atoms with Crippen molar-refractivity contribution >= 4 is 61.2 Å². The minimum absolute atomic E-state index is 0.0279. The Bertz CT molecular complexity index is 2690. The fraction of sp³-hybridized carbons (Fsp3) is 0.391. The Kier molecular flexibility index (Phi) is 11.9. The third-order valence-corrected chi connectivity index (χ3v) is 14.2. The fourth-order valence-corrected chi connectivity index (χ4v) is 10.4. The van der Waals surface area contributed by atoms with Gasteiger partial charge in [0.1, 0.15) is 22.8 Å². The summed E-state index contributed by atoms with van der Waals surface area (Å²) in [6.45, 7) is 12.0. The number of aromatic amines is 1. The second-order valence-electron chi connectivity index (χ2n) is 17.7. The Morgan fingerprint density at radius 3 is 2.56 bits per heavy atom. The number of rotatable bonds is 12. The van der Waals surface area contributed by atoms with E-state index in [4.69, 9.17) is 21.1 Å². The van der Waals surface area contributed by atoms with Gasteiger partial charge in [0.25, 0.3) is 21.6 Å². The number of sulfonamides is 1. The van der Waals surface area contributed by atoms with Gasteiger partial charge in [0, 0.05) is 92.8 Å². The van der Waals surface area contributed by atoms with Crippen LogP contribution < -0.4 is 19.7 Å². The first kappa shape index (κ1) is 42.8. The molecule has 0 spiro atoms. The van der Waals surface area contributed by atoms with Gasteiger partial charge in [-0.05, 0) is 90.3 Å². The average Bonchev–Trinajstić information content (AvgIpc) is 3.91. The number of hydrogen-bond acceptors (Lipinski definition) is 12. The molecule has 1 aliphatic carbocycles. The van der Waals surface area contributed by atoms with E-state index in [0.29, 0.717) is 48.8 Å². The summed E-state index contributed by atoms with van der Waals surface area (Å²) in [5, 5.41) is 17.0. The van der Waals surface area contributed by atoms with E-state index in [1.807, 2.05) is 18.2 Å². The molecule has 9 rings (SSSR count). The summed E-state index contributed by atoms with van der Waals surface area (Å²) in [7, 11) is -4.58. The number of anilines is 2. The number of carbonyl (C=O) groups excluding carboxylic acids is 1. The second-order valence-corrected chi connectivity index (χ2v) is 19.8.